The predicted molar refractivity (Wildman–Crippen MR) is 136 cm³/mol. The molecule has 0 unspecified atom stereocenters. The van der Waals surface area contributed by atoms with Crippen LogP contribution in [0.4, 0.5) is 17.1 Å². The summed E-state index contributed by atoms with van der Waals surface area (Å²) >= 11 is 8.88. The Morgan fingerprint density at radius 2 is 1.73 bits per heavy atom. The number of benzene rings is 3. The molecule has 2 aliphatic heterocycles. The smallest absolute Gasteiger partial charge is 0.274 e. The standard InChI is InChI=1S/C24H18ClN3O3S2/c1-27-19-13-18(31-2)11-12-20(19)32-23(27)21-22(30)28(16-7-9-17(29)10-8-16)24(33-21)26-15-5-3-14(25)4-6-15/h3-13,29H,1-2H3. The molecule has 1 N–H and O–H groups in total. The number of rotatable bonds is 3. The van der Waals surface area contributed by atoms with Crippen LogP contribution >= 0.6 is 35.1 Å². The highest BCUT2D eigenvalue weighted by atomic mass is 35.5. The van der Waals surface area contributed by atoms with Crippen LogP contribution in [-0.2, 0) is 4.79 Å². The Morgan fingerprint density at radius 3 is 2.42 bits per heavy atom. The van der Waals surface area contributed by atoms with Gasteiger partial charge < -0.3 is 14.7 Å². The van der Waals surface area contributed by atoms with E-state index in [-0.39, 0.29) is 11.7 Å². The van der Waals surface area contributed by atoms with Gasteiger partial charge in [0.1, 0.15) is 16.4 Å². The quantitative estimate of drug-likeness (QED) is 0.434. The first kappa shape index (κ1) is 21.8. The van der Waals surface area contributed by atoms with Crippen molar-refractivity contribution in [3.05, 3.63) is 81.7 Å². The molecule has 0 radical (unpaired) electrons. The van der Waals surface area contributed by atoms with Gasteiger partial charge in [-0.3, -0.25) is 9.69 Å². The molecule has 0 aliphatic carbocycles. The van der Waals surface area contributed by atoms with Crippen molar-refractivity contribution in [2.45, 2.75) is 4.90 Å². The highest BCUT2D eigenvalue weighted by Crippen LogP contribution is 2.51. The summed E-state index contributed by atoms with van der Waals surface area (Å²) in [5.41, 5.74) is 2.29. The van der Waals surface area contributed by atoms with E-state index in [1.54, 1.807) is 72.3 Å². The number of nitrogens with zero attached hydrogens (tertiary/aromatic N) is 3. The molecule has 6 nitrogen and oxygen atoms in total. The first-order chi connectivity index (χ1) is 15.9. The Bertz CT molecular complexity index is 1310. The molecule has 3 aromatic rings. The molecule has 9 heteroatoms. The molecular weight excluding hydrogens is 478 g/mol. The Hall–Kier alpha value is -3.07. The molecule has 0 saturated carbocycles. The van der Waals surface area contributed by atoms with E-state index < -0.39 is 0 Å². The third kappa shape index (κ3) is 4.06. The number of carbonyl (C=O) groups excluding carboxylic acids is 1. The summed E-state index contributed by atoms with van der Waals surface area (Å²) in [6.07, 6.45) is 0. The number of phenolic OH excluding ortho intramolecular Hbond substituents is 1. The second kappa shape index (κ2) is 8.70. The van der Waals surface area contributed by atoms with Crippen LogP contribution in [0.1, 0.15) is 0 Å². The number of thioether (sulfide) groups is 2. The van der Waals surface area contributed by atoms with Gasteiger partial charge in [0.15, 0.2) is 5.17 Å². The number of carbonyl (C=O) groups is 1. The number of methoxy groups -OCH3 is 1. The summed E-state index contributed by atoms with van der Waals surface area (Å²) in [5, 5.41) is 11.7. The number of aliphatic imine (C=N–C) groups is 1. The number of aromatic hydroxyl groups is 1. The van der Waals surface area contributed by atoms with Gasteiger partial charge >= 0.3 is 0 Å². The number of hydrogen-bond acceptors (Lipinski definition) is 7. The van der Waals surface area contributed by atoms with Crippen molar-refractivity contribution in [3.63, 3.8) is 0 Å². The number of amidine groups is 1. The summed E-state index contributed by atoms with van der Waals surface area (Å²) in [6, 6.07) is 19.5. The Balaban J connectivity index is 1.59. The van der Waals surface area contributed by atoms with Gasteiger partial charge in [0, 0.05) is 23.0 Å². The molecule has 0 spiro atoms. The zero-order valence-corrected chi connectivity index (χ0v) is 20.0. The molecule has 1 fully saturated rings. The van der Waals surface area contributed by atoms with Gasteiger partial charge in [-0.15, -0.1) is 0 Å². The maximum atomic E-state index is 13.7. The molecule has 0 atom stereocenters. The van der Waals surface area contributed by atoms with Crippen LogP contribution in [0.25, 0.3) is 0 Å². The van der Waals surface area contributed by atoms with Gasteiger partial charge in [0.2, 0.25) is 0 Å². The molecule has 0 bridgehead atoms. The van der Waals surface area contributed by atoms with Gasteiger partial charge in [0.05, 0.1) is 29.2 Å². The van der Waals surface area contributed by atoms with Gasteiger partial charge in [-0.25, -0.2) is 4.99 Å². The molecule has 1 amide bonds. The normalized spacial score (nSPS) is 18.9. The fraction of sp³-hybridized carbons (Fsp3) is 0.0833. The largest absolute Gasteiger partial charge is 0.508 e. The van der Waals surface area contributed by atoms with Crippen molar-refractivity contribution in [1.82, 2.24) is 0 Å². The topological polar surface area (TPSA) is 65.4 Å². The van der Waals surface area contributed by atoms with E-state index in [2.05, 4.69) is 0 Å². The zero-order chi connectivity index (χ0) is 23.1. The molecule has 2 heterocycles. The van der Waals surface area contributed by atoms with E-state index in [1.807, 2.05) is 30.1 Å². The number of ether oxygens (including phenoxy) is 1. The van der Waals surface area contributed by atoms with Gasteiger partial charge in [-0.2, -0.15) is 0 Å². The molecule has 0 aromatic heterocycles. The lowest BCUT2D eigenvalue weighted by atomic mass is 10.2. The molecule has 2 aliphatic rings. The number of hydrogen-bond donors (Lipinski definition) is 1. The van der Waals surface area contributed by atoms with Crippen LogP contribution in [0, 0.1) is 0 Å². The SMILES string of the molecule is COc1ccc2c(c1)N(C)C(=C1SC(=Nc3ccc(Cl)cc3)N(c3ccc(O)cc3)C1=O)S2. The minimum Gasteiger partial charge on any atom is -0.508 e. The second-order valence-electron chi connectivity index (χ2n) is 7.26. The summed E-state index contributed by atoms with van der Waals surface area (Å²) in [5.74, 6) is 0.712. The van der Waals surface area contributed by atoms with Crippen LogP contribution in [0.5, 0.6) is 11.5 Å². The Labute approximate surface area is 204 Å². The fourth-order valence-electron chi connectivity index (χ4n) is 3.49. The van der Waals surface area contributed by atoms with Crippen LogP contribution in [0.15, 0.2) is 86.6 Å². The lowest BCUT2D eigenvalue weighted by Crippen LogP contribution is -2.29. The first-order valence-electron chi connectivity index (χ1n) is 9.94. The van der Waals surface area contributed by atoms with E-state index in [0.717, 1.165) is 21.4 Å². The minimum atomic E-state index is -0.174. The van der Waals surface area contributed by atoms with E-state index in [9.17, 15) is 9.90 Å². The fourth-order valence-corrected chi connectivity index (χ4v) is 5.94. The maximum absolute atomic E-state index is 13.7. The molecule has 166 valence electrons. The Morgan fingerprint density at radius 1 is 1.00 bits per heavy atom. The van der Waals surface area contributed by atoms with E-state index in [1.165, 1.54) is 11.8 Å². The molecule has 33 heavy (non-hydrogen) atoms. The summed E-state index contributed by atoms with van der Waals surface area (Å²) in [7, 11) is 3.57. The first-order valence-corrected chi connectivity index (χ1v) is 11.9. The molecule has 1 saturated heterocycles. The average Bonchev–Trinajstić information content (AvgIpc) is 3.31. The Kier molecular flexibility index (Phi) is 5.74. The molecule has 5 rings (SSSR count). The second-order valence-corrected chi connectivity index (χ2v) is 9.70. The maximum Gasteiger partial charge on any atom is 0.274 e. The van der Waals surface area contributed by atoms with Crippen LogP contribution in [0.3, 0.4) is 0 Å². The zero-order valence-electron chi connectivity index (χ0n) is 17.7. The van der Waals surface area contributed by atoms with Crippen molar-refractivity contribution in [3.8, 4) is 11.5 Å². The lowest BCUT2D eigenvalue weighted by molar-refractivity contribution is -0.113. The number of amides is 1. The highest BCUT2D eigenvalue weighted by molar-refractivity contribution is 8.20. The summed E-state index contributed by atoms with van der Waals surface area (Å²) in [6.45, 7) is 0. The lowest BCUT2D eigenvalue weighted by Gasteiger charge is -2.17. The number of halogens is 1. The molecule has 3 aromatic carbocycles. The van der Waals surface area contributed by atoms with Crippen molar-refractivity contribution in [2.24, 2.45) is 4.99 Å². The number of anilines is 2. The molecular formula is C24H18ClN3O3S2. The van der Waals surface area contributed by atoms with Gasteiger partial charge in [0.25, 0.3) is 5.91 Å². The van der Waals surface area contributed by atoms with Crippen molar-refractivity contribution in [1.29, 1.82) is 0 Å². The van der Waals surface area contributed by atoms with Crippen molar-refractivity contribution >= 4 is 63.3 Å². The van der Waals surface area contributed by atoms with Gasteiger partial charge in [-0.1, -0.05) is 23.4 Å². The monoisotopic (exact) mass is 495 g/mol. The van der Waals surface area contributed by atoms with Crippen LogP contribution in [0.2, 0.25) is 5.02 Å². The third-order valence-corrected chi connectivity index (χ3v) is 7.82. The summed E-state index contributed by atoms with van der Waals surface area (Å²) < 4.78 is 5.36. The summed E-state index contributed by atoms with van der Waals surface area (Å²) in [4.78, 5) is 23.6. The van der Waals surface area contributed by atoms with Crippen LogP contribution < -0.4 is 14.5 Å². The van der Waals surface area contributed by atoms with Gasteiger partial charge in [-0.05, 0) is 72.4 Å². The van der Waals surface area contributed by atoms with E-state index in [4.69, 9.17) is 21.3 Å². The highest BCUT2D eigenvalue weighted by Gasteiger charge is 2.40. The number of phenols is 1. The van der Waals surface area contributed by atoms with E-state index in [0.29, 0.717) is 26.5 Å². The minimum absolute atomic E-state index is 0.128. The van der Waals surface area contributed by atoms with Crippen LogP contribution in [-0.4, -0.2) is 30.3 Å². The van der Waals surface area contributed by atoms with E-state index >= 15 is 0 Å². The van der Waals surface area contributed by atoms with Crippen molar-refractivity contribution in [2.75, 3.05) is 24.0 Å². The van der Waals surface area contributed by atoms with Crippen molar-refractivity contribution < 1.29 is 14.6 Å². The third-order valence-electron chi connectivity index (χ3n) is 5.17. The average molecular weight is 496 g/mol. The predicted octanol–water partition coefficient (Wildman–Crippen LogP) is 6.23. The number of fused-ring (bicyclic) bond motifs is 1.